The summed E-state index contributed by atoms with van der Waals surface area (Å²) in [5.41, 5.74) is -0.699. The van der Waals surface area contributed by atoms with Crippen LogP contribution in [0.2, 0.25) is 0 Å². The van der Waals surface area contributed by atoms with Crippen molar-refractivity contribution in [2.75, 3.05) is 13.2 Å². The van der Waals surface area contributed by atoms with Crippen LogP contribution in [0.5, 0.6) is 0 Å². The normalized spacial score (nSPS) is 26.8. The SMILES string of the molecule is CC(C)(C)[N+]1(C(=O)O)C[C@H](NS(=O)(=O)c2cc(Br)ccc2Br)C[C@@H]1CO. The highest BCUT2D eigenvalue weighted by molar-refractivity contribution is 9.11. The molecule has 26 heavy (non-hydrogen) atoms. The summed E-state index contributed by atoms with van der Waals surface area (Å²) in [6, 6.07) is 3.63. The Balaban J connectivity index is 2.37. The van der Waals surface area contributed by atoms with Crippen LogP contribution in [0.1, 0.15) is 27.2 Å². The van der Waals surface area contributed by atoms with Crippen molar-refractivity contribution in [1.82, 2.24) is 4.72 Å². The Hall–Kier alpha value is -0.520. The van der Waals surface area contributed by atoms with E-state index in [0.29, 0.717) is 8.95 Å². The van der Waals surface area contributed by atoms with E-state index in [1.165, 1.54) is 6.07 Å². The summed E-state index contributed by atoms with van der Waals surface area (Å²) in [6.45, 7) is 5.08. The number of nitrogens with one attached hydrogen (secondary N) is 1. The zero-order valence-corrected chi connectivity index (χ0v) is 18.7. The van der Waals surface area contributed by atoms with Gasteiger partial charge in [-0.25, -0.2) is 17.6 Å². The second-order valence-electron chi connectivity index (χ2n) is 7.47. The fraction of sp³-hybridized carbons (Fsp3) is 0.562. The quantitative estimate of drug-likeness (QED) is 0.536. The van der Waals surface area contributed by atoms with Gasteiger partial charge < -0.3 is 10.2 Å². The van der Waals surface area contributed by atoms with Crippen molar-refractivity contribution in [3.05, 3.63) is 27.1 Å². The molecule has 1 aliphatic rings. The van der Waals surface area contributed by atoms with E-state index in [1.54, 1.807) is 32.9 Å². The van der Waals surface area contributed by atoms with Crippen molar-refractivity contribution in [2.24, 2.45) is 0 Å². The molecule has 1 aliphatic heterocycles. The molecule has 0 radical (unpaired) electrons. The van der Waals surface area contributed by atoms with E-state index in [1.807, 2.05) is 0 Å². The predicted molar refractivity (Wildman–Crippen MR) is 104 cm³/mol. The molecule has 1 aromatic carbocycles. The maximum absolute atomic E-state index is 12.8. The average molecular weight is 515 g/mol. The lowest BCUT2D eigenvalue weighted by Crippen LogP contribution is -2.67. The number of aliphatic hydroxyl groups excluding tert-OH is 1. The molecular weight excluding hydrogens is 492 g/mol. The van der Waals surface area contributed by atoms with Crippen LogP contribution in [0.3, 0.4) is 0 Å². The van der Waals surface area contributed by atoms with E-state index < -0.39 is 38.2 Å². The summed E-state index contributed by atoms with van der Waals surface area (Å²) < 4.78 is 28.9. The molecule has 2 rings (SSSR count). The molecule has 1 saturated heterocycles. The summed E-state index contributed by atoms with van der Waals surface area (Å²) in [7, 11) is -3.86. The standard InChI is InChI=1S/C16H22Br2N2O5S/c1-16(2,3)20(15(22)23)8-11(7-12(20)9-21)19-26(24,25)14-6-10(17)4-5-13(14)18/h4-6,11-12,19,21H,7-9H2,1-3H3/p+1/t11-,12-,20?/m1/s1. The first-order chi connectivity index (χ1) is 11.8. The number of hydrogen-bond acceptors (Lipinski definition) is 4. The molecule has 3 atom stereocenters. The van der Waals surface area contributed by atoms with Crippen molar-refractivity contribution in [3.8, 4) is 0 Å². The van der Waals surface area contributed by atoms with Crippen LogP contribution in [0.4, 0.5) is 4.79 Å². The first-order valence-corrected chi connectivity index (χ1v) is 11.1. The van der Waals surface area contributed by atoms with Gasteiger partial charge in [-0.15, -0.1) is 0 Å². The van der Waals surface area contributed by atoms with Crippen molar-refractivity contribution < 1.29 is 27.9 Å². The molecule has 1 amide bonds. The van der Waals surface area contributed by atoms with E-state index in [-0.39, 0.29) is 24.5 Å². The van der Waals surface area contributed by atoms with Gasteiger partial charge in [0.05, 0.1) is 17.5 Å². The molecule has 3 N–H and O–H groups in total. The number of quaternary nitrogens is 1. The van der Waals surface area contributed by atoms with Gasteiger partial charge in [0.1, 0.15) is 18.1 Å². The van der Waals surface area contributed by atoms with Gasteiger partial charge in [0.15, 0.2) is 0 Å². The number of nitrogens with zero attached hydrogens (tertiary/aromatic N) is 1. The predicted octanol–water partition coefficient (Wildman–Crippen LogP) is 2.92. The molecule has 0 aliphatic carbocycles. The second-order valence-corrected chi connectivity index (χ2v) is 10.9. The third-order valence-corrected chi connectivity index (χ3v) is 7.95. The van der Waals surface area contributed by atoms with Gasteiger partial charge in [0.25, 0.3) is 0 Å². The third-order valence-electron chi connectivity index (χ3n) is 4.94. The summed E-state index contributed by atoms with van der Waals surface area (Å²) in [5, 5.41) is 19.6. The number of rotatable bonds is 4. The maximum Gasteiger partial charge on any atom is 0.514 e. The molecule has 1 aromatic rings. The number of amides is 1. The van der Waals surface area contributed by atoms with Crippen LogP contribution in [0.15, 0.2) is 32.0 Å². The summed E-state index contributed by atoms with van der Waals surface area (Å²) >= 11 is 6.50. The van der Waals surface area contributed by atoms with Gasteiger partial charge >= 0.3 is 6.09 Å². The molecule has 1 heterocycles. The number of benzene rings is 1. The molecule has 10 heteroatoms. The Morgan fingerprint density at radius 2 is 1.96 bits per heavy atom. The molecule has 1 fully saturated rings. The van der Waals surface area contributed by atoms with E-state index in [2.05, 4.69) is 36.6 Å². The highest BCUT2D eigenvalue weighted by Gasteiger charge is 2.59. The molecule has 7 nitrogen and oxygen atoms in total. The number of carbonyl (C=O) groups is 1. The van der Waals surface area contributed by atoms with E-state index in [9.17, 15) is 23.4 Å². The first kappa shape index (κ1) is 21.8. The van der Waals surface area contributed by atoms with Crippen LogP contribution in [0, 0.1) is 0 Å². The zero-order valence-electron chi connectivity index (χ0n) is 14.7. The number of halogens is 2. The zero-order chi connectivity index (χ0) is 19.9. The highest BCUT2D eigenvalue weighted by atomic mass is 79.9. The van der Waals surface area contributed by atoms with E-state index >= 15 is 0 Å². The van der Waals surface area contributed by atoms with E-state index in [0.717, 1.165) is 0 Å². The lowest BCUT2D eigenvalue weighted by molar-refractivity contribution is -0.915. The maximum atomic E-state index is 12.8. The number of aliphatic hydroxyl groups is 1. The molecule has 1 unspecified atom stereocenters. The van der Waals surface area contributed by atoms with Gasteiger partial charge in [-0.3, -0.25) is 0 Å². The van der Waals surface area contributed by atoms with Crippen molar-refractivity contribution >= 4 is 48.0 Å². The number of likely N-dealkylation sites (tertiary alicyclic amines) is 1. The third kappa shape index (κ3) is 3.85. The summed E-state index contributed by atoms with van der Waals surface area (Å²) in [5.74, 6) is 0. The van der Waals surface area contributed by atoms with Gasteiger partial charge in [0.2, 0.25) is 10.0 Å². The highest BCUT2D eigenvalue weighted by Crippen LogP contribution is 2.37. The summed E-state index contributed by atoms with van der Waals surface area (Å²) in [6.07, 6.45) is -0.827. The molecule has 0 bridgehead atoms. The van der Waals surface area contributed by atoms with Crippen LogP contribution in [0.25, 0.3) is 0 Å². The van der Waals surface area contributed by atoms with Crippen LogP contribution in [-0.2, 0) is 10.0 Å². The van der Waals surface area contributed by atoms with Gasteiger partial charge in [-0.05, 0) is 54.9 Å². The van der Waals surface area contributed by atoms with Crippen molar-refractivity contribution in [3.63, 3.8) is 0 Å². The Bertz CT molecular complexity index is 809. The molecule has 146 valence electrons. The molecular formula is C16H23Br2N2O5S+. The number of sulfonamides is 1. The minimum absolute atomic E-state index is 0.0644. The number of hydrogen-bond donors (Lipinski definition) is 3. The van der Waals surface area contributed by atoms with Gasteiger partial charge in [-0.1, -0.05) is 15.9 Å². The fourth-order valence-corrected chi connectivity index (χ4v) is 6.43. The lowest BCUT2D eigenvalue weighted by Gasteiger charge is -2.44. The fourth-order valence-electron chi connectivity index (χ4n) is 3.69. The topological polar surface area (TPSA) is 104 Å². The largest absolute Gasteiger partial charge is 0.514 e. The van der Waals surface area contributed by atoms with Crippen LogP contribution >= 0.6 is 31.9 Å². The molecule has 0 saturated carbocycles. The Morgan fingerprint density at radius 3 is 2.42 bits per heavy atom. The molecule has 0 spiro atoms. The number of carboxylic acid groups (broad SMARTS) is 1. The molecule has 0 aromatic heterocycles. The van der Waals surface area contributed by atoms with Gasteiger partial charge in [-0.2, -0.15) is 4.79 Å². The lowest BCUT2D eigenvalue weighted by atomic mass is 10.00. The van der Waals surface area contributed by atoms with E-state index in [4.69, 9.17) is 0 Å². The van der Waals surface area contributed by atoms with Crippen LogP contribution in [-0.4, -0.2) is 60.0 Å². The Kier molecular flexibility index (Phi) is 6.26. The minimum atomic E-state index is -3.86. The second kappa shape index (κ2) is 7.48. The summed E-state index contributed by atoms with van der Waals surface area (Å²) in [4.78, 5) is 12.2. The minimum Gasteiger partial charge on any atom is -0.435 e. The van der Waals surface area contributed by atoms with Crippen molar-refractivity contribution in [1.29, 1.82) is 0 Å². The average Bonchev–Trinajstić information content (AvgIpc) is 2.88. The smallest absolute Gasteiger partial charge is 0.435 e. The Labute approximate surface area is 170 Å². The first-order valence-electron chi connectivity index (χ1n) is 8.04. The van der Waals surface area contributed by atoms with Crippen LogP contribution < -0.4 is 4.72 Å². The monoisotopic (exact) mass is 513 g/mol. The van der Waals surface area contributed by atoms with Crippen molar-refractivity contribution in [2.45, 2.75) is 49.7 Å². The Morgan fingerprint density at radius 1 is 1.35 bits per heavy atom. The van der Waals surface area contributed by atoms with Gasteiger partial charge in [0, 0.05) is 15.4 Å².